The molecule has 0 N–H and O–H groups in total. The second-order valence-corrected chi connectivity index (χ2v) is 10.5. The van der Waals surface area contributed by atoms with Crippen LogP contribution in [-0.2, 0) is 20.8 Å². The number of sulfone groups is 1. The summed E-state index contributed by atoms with van der Waals surface area (Å²) in [5.74, 6) is -0.378. The molecule has 2 atom stereocenters. The van der Waals surface area contributed by atoms with Crippen LogP contribution in [0.4, 0.5) is 17.6 Å². The minimum absolute atomic E-state index is 0.0605. The summed E-state index contributed by atoms with van der Waals surface area (Å²) in [6.07, 6.45) is -3.29. The molecule has 2 aromatic rings. The molecular weight excluding hydrogens is 428 g/mol. The average molecular weight is 449 g/mol. The molecule has 9 heteroatoms. The lowest BCUT2D eigenvalue weighted by atomic mass is 9.92. The Balaban J connectivity index is 1.95. The van der Waals surface area contributed by atoms with Gasteiger partial charge in [-0.25, -0.2) is 12.8 Å². The van der Waals surface area contributed by atoms with Crippen molar-refractivity contribution in [2.75, 3.05) is 12.9 Å². The Bertz CT molecular complexity index is 1010. The van der Waals surface area contributed by atoms with Gasteiger partial charge in [0.25, 0.3) is 0 Å². The predicted molar refractivity (Wildman–Crippen MR) is 103 cm³/mol. The molecule has 0 aromatic heterocycles. The molecule has 2 aromatic carbocycles. The Morgan fingerprint density at radius 1 is 1.17 bits per heavy atom. The van der Waals surface area contributed by atoms with Gasteiger partial charge in [0.05, 0.1) is 21.3 Å². The lowest BCUT2D eigenvalue weighted by molar-refractivity contribution is -0.137. The quantitative estimate of drug-likeness (QED) is 0.448. The number of alkyl halides is 3. The third-order valence-corrected chi connectivity index (χ3v) is 8.53. The van der Waals surface area contributed by atoms with Crippen LogP contribution in [0.1, 0.15) is 37.0 Å². The highest BCUT2D eigenvalue weighted by Crippen LogP contribution is 2.43. The van der Waals surface area contributed by atoms with Crippen LogP contribution in [0.3, 0.4) is 0 Å². The van der Waals surface area contributed by atoms with Gasteiger partial charge in [-0.2, -0.15) is 13.2 Å². The first-order valence-electron chi connectivity index (χ1n) is 8.85. The van der Waals surface area contributed by atoms with E-state index in [1.807, 2.05) is 0 Å². The van der Waals surface area contributed by atoms with Crippen molar-refractivity contribution < 1.29 is 30.7 Å². The molecule has 0 amide bonds. The average Bonchev–Trinajstić information content (AvgIpc) is 2.67. The van der Waals surface area contributed by atoms with Crippen molar-refractivity contribution in [3.8, 4) is 0 Å². The molecule has 0 radical (unpaired) electrons. The molecule has 2 unspecified atom stereocenters. The van der Waals surface area contributed by atoms with Gasteiger partial charge in [0, 0.05) is 11.5 Å². The van der Waals surface area contributed by atoms with Crippen molar-refractivity contribution in [3.63, 3.8) is 0 Å². The molecule has 3 nitrogen and oxygen atoms in total. The smallest absolute Gasteiger partial charge is 0.373 e. The van der Waals surface area contributed by atoms with E-state index in [0.29, 0.717) is 16.5 Å². The molecular formula is C20H20F4O3S2. The van der Waals surface area contributed by atoms with Crippen molar-refractivity contribution in [1.29, 1.82) is 0 Å². The molecule has 1 fully saturated rings. The van der Waals surface area contributed by atoms with Gasteiger partial charge < -0.3 is 4.74 Å². The minimum Gasteiger partial charge on any atom is -0.373 e. The second kappa shape index (κ2) is 7.92. The molecule has 3 rings (SSSR count). The van der Waals surface area contributed by atoms with Gasteiger partial charge in [0.15, 0.2) is 9.84 Å². The van der Waals surface area contributed by atoms with Gasteiger partial charge in [0.2, 0.25) is 0 Å². The molecule has 1 heterocycles. The van der Waals surface area contributed by atoms with Crippen LogP contribution in [0.5, 0.6) is 0 Å². The summed E-state index contributed by atoms with van der Waals surface area (Å²) in [5, 5.41) is 0. The molecule has 158 valence electrons. The molecule has 0 saturated carbocycles. The van der Waals surface area contributed by atoms with Crippen molar-refractivity contribution >= 4 is 21.6 Å². The van der Waals surface area contributed by atoms with Gasteiger partial charge in [-0.05, 0) is 61.9 Å². The second-order valence-electron chi connectivity index (χ2n) is 7.19. The van der Waals surface area contributed by atoms with Crippen molar-refractivity contribution in [2.45, 2.75) is 46.6 Å². The maximum atomic E-state index is 13.8. The maximum absolute atomic E-state index is 13.8. The predicted octanol–water partition coefficient (Wildman–Crippen LogP) is 5.65. The highest BCUT2D eigenvalue weighted by Gasteiger charge is 2.45. The third-order valence-electron chi connectivity index (χ3n) is 5.23. The SMILES string of the molecule is CSc1cc(C2CC(C)(S(=O)(=O)c3cccc(C(F)(F)F)c3)CCO2)ccc1F. The van der Waals surface area contributed by atoms with E-state index in [0.717, 1.165) is 12.1 Å². The normalized spacial score (nSPS) is 23.2. The van der Waals surface area contributed by atoms with E-state index in [1.54, 1.807) is 18.4 Å². The third kappa shape index (κ3) is 4.32. The van der Waals surface area contributed by atoms with E-state index < -0.39 is 32.4 Å². The van der Waals surface area contributed by atoms with Crippen LogP contribution in [0.15, 0.2) is 52.3 Å². The van der Waals surface area contributed by atoms with Crippen molar-refractivity contribution in [2.24, 2.45) is 0 Å². The summed E-state index contributed by atoms with van der Waals surface area (Å²) in [6.45, 7) is 1.66. The summed E-state index contributed by atoms with van der Waals surface area (Å²) < 4.78 is 83.8. The highest BCUT2D eigenvalue weighted by atomic mass is 32.2. The largest absolute Gasteiger partial charge is 0.416 e. The van der Waals surface area contributed by atoms with E-state index in [9.17, 15) is 26.0 Å². The molecule has 1 aliphatic heterocycles. The summed E-state index contributed by atoms with van der Waals surface area (Å²) in [6, 6.07) is 8.27. The van der Waals surface area contributed by atoms with Gasteiger partial charge in [-0.3, -0.25) is 0 Å². The first-order valence-corrected chi connectivity index (χ1v) is 11.6. The number of hydrogen-bond donors (Lipinski definition) is 0. The molecule has 0 bridgehead atoms. The highest BCUT2D eigenvalue weighted by molar-refractivity contribution is 7.98. The van der Waals surface area contributed by atoms with E-state index in [4.69, 9.17) is 4.74 Å². The summed E-state index contributed by atoms with van der Waals surface area (Å²) >= 11 is 1.22. The number of rotatable bonds is 4. The monoisotopic (exact) mass is 448 g/mol. The zero-order valence-electron chi connectivity index (χ0n) is 15.8. The van der Waals surface area contributed by atoms with Crippen LogP contribution in [0, 0.1) is 5.82 Å². The topological polar surface area (TPSA) is 43.4 Å². The number of hydrogen-bond acceptors (Lipinski definition) is 4. The first kappa shape index (κ1) is 22.1. The van der Waals surface area contributed by atoms with Crippen molar-refractivity contribution in [1.82, 2.24) is 0 Å². The molecule has 1 aliphatic rings. The lowest BCUT2D eigenvalue weighted by Gasteiger charge is -2.38. The van der Waals surface area contributed by atoms with Gasteiger partial charge >= 0.3 is 6.18 Å². The Morgan fingerprint density at radius 2 is 1.90 bits per heavy atom. The first-order chi connectivity index (χ1) is 13.5. The lowest BCUT2D eigenvalue weighted by Crippen LogP contribution is -2.42. The molecule has 1 saturated heterocycles. The summed E-state index contributed by atoms with van der Waals surface area (Å²) in [5.41, 5.74) is -0.366. The Kier molecular flexibility index (Phi) is 6.04. The van der Waals surface area contributed by atoms with Crippen LogP contribution < -0.4 is 0 Å². The molecule has 0 aliphatic carbocycles. The van der Waals surface area contributed by atoms with Gasteiger partial charge in [-0.15, -0.1) is 11.8 Å². The molecule has 0 spiro atoms. The standard InChI is InChI=1S/C20H20F4O3S2/c1-19(29(25,26)15-5-3-4-14(11-15)20(22,23)24)8-9-27-17(12-19)13-6-7-16(21)18(10-13)28-2/h3-7,10-11,17H,8-9,12H2,1-2H3. The van der Waals surface area contributed by atoms with Crippen LogP contribution >= 0.6 is 11.8 Å². The zero-order valence-corrected chi connectivity index (χ0v) is 17.4. The maximum Gasteiger partial charge on any atom is 0.416 e. The van der Waals surface area contributed by atoms with Gasteiger partial charge in [-0.1, -0.05) is 12.1 Å². The summed E-state index contributed by atoms with van der Waals surface area (Å²) in [4.78, 5) is 0.0542. The Hall–Kier alpha value is -1.58. The van der Waals surface area contributed by atoms with E-state index in [1.165, 1.54) is 30.8 Å². The van der Waals surface area contributed by atoms with E-state index in [2.05, 4.69) is 0 Å². The number of thioether (sulfide) groups is 1. The van der Waals surface area contributed by atoms with Gasteiger partial charge in [0.1, 0.15) is 5.82 Å². The fraction of sp³-hybridized carbons (Fsp3) is 0.400. The fourth-order valence-corrected chi connectivity index (χ4v) is 5.78. The van der Waals surface area contributed by atoms with E-state index in [-0.39, 0.29) is 30.2 Å². The zero-order chi connectivity index (χ0) is 21.4. The number of halogens is 4. The number of ether oxygens (including phenoxy) is 1. The van der Waals surface area contributed by atoms with Crippen LogP contribution in [-0.4, -0.2) is 26.0 Å². The van der Waals surface area contributed by atoms with Crippen molar-refractivity contribution in [3.05, 3.63) is 59.4 Å². The van der Waals surface area contributed by atoms with Crippen LogP contribution in [0.25, 0.3) is 0 Å². The Morgan fingerprint density at radius 3 is 2.55 bits per heavy atom. The summed E-state index contributed by atoms with van der Waals surface area (Å²) in [7, 11) is -4.07. The minimum atomic E-state index is -4.63. The fourth-order valence-electron chi connectivity index (χ4n) is 3.43. The Labute approximate surface area is 171 Å². The van der Waals surface area contributed by atoms with E-state index >= 15 is 0 Å². The van der Waals surface area contributed by atoms with Crippen LogP contribution in [0.2, 0.25) is 0 Å². The number of benzene rings is 2. The molecule has 29 heavy (non-hydrogen) atoms.